The Morgan fingerprint density at radius 3 is 2.79 bits per heavy atom. The van der Waals surface area contributed by atoms with Crippen LogP contribution in [0.5, 0.6) is 0 Å². The lowest BCUT2D eigenvalue weighted by atomic mass is 10.0. The van der Waals surface area contributed by atoms with Crippen molar-refractivity contribution < 1.29 is 9.18 Å². The van der Waals surface area contributed by atoms with Crippen LogP contribution in [-0.2, 0) is 12.8 Å². The van der Waals surface area contributed by atoms with Crippen molar-refractivity contribution in [1.29, 1.82) is 0 Å². The van der Waals surface area contributed by atoms with E-state index in [2.05, 4.69) is 20.3 Å². The first-order valence-electron chi connectivity index (χ1n) is 8.97. The van der Waals surface area contributed by atoms with E-state index in [1.54, 1.807) is 24.6 Å². The number of hydrogen-bond donors (Lipinski definition) is 4. The zero-order valence-electron chi connectivity index (χ0n) is 16.1. The molecule has 0 unspecified atom stereocenters. The van der Waals surface area contributed by atoms with Gasteiger partial charge in [-0.1, -0.05) is 0 Å². The molecule has 2 aromatic rings. The lowest BCUT2D eigenvalue weighted by Crippen LogP contribution is -2.21. The lowest BCUT2D eigenvalue weighted by Gasteiger charge is -2.14. The molecule has 0 spiro atoms. The second kappa shape index (κ2) is 11.1. The van der Waals surface area contributed by atoms with Crippen molar-refractivity contribution in [2.45, 2.75) is 26.2 Å². The van der Waals surface area contributed by atoms with E-state index in [4.69, 9.17) is 16.6 Å². The van der Waals surface area contributed by atoms with E-state index in [0.29, 0.717) is 21.8 Å². The minimum atomic E-state index is -0.666. The van der Waals surface area contributed by atoms with Gasteiger partial charge in [0.05, 0.1) is 16.9 Å². The molecular formula is C19H24FN7OS. The van der Waals surface area contributed by atoms with Crippen LogP contribution in [0, 0.1) is 5.82 Å². The first-order chi connectivity index (χ1) is 14.0. The molecule has 2 amide bonds. The van der Waals surface area contributed by atoms with Gasteiger partial charge < -0.3 is 16.8 Å². The third-order valence-electron chi connectivity index (χ3n) is 4.08. The van der Waals surface area contributed by atoms with E-state index < -0.39 is 11.8 Å². The maximum atomic E-state index is 13.9. The Labute approximate surface area is 173 Å². The second-order valence-electron chi connectivity index (χ2n) is 6.01. The fraction of sp³-hybridized carbons (Fsp3) is 0.263. The zero-order chi connectivity index (χ0) is 21.2. The number of aliphatic imine (C=N–C) groups is 1. The molecule has 2 heterocycles. The predicted octanol–water partition coefficient (Wildman–Crippen LogP) is 2.75. The van der Waals surface area contributed by atoms with Crippen LogP contribution in [0.4, 0.5) is 14.9 Å². The molecular weight excluding hydrogens is 393 g/mol. The van der Waals surface area contributed by atoms with E-state index >= 15 is 0 Å². The number of rotatable bonds is 5. The molecule has 1 aliphatic carbocycles. The van der Waals surface area contributed by atoms with Crippen LogP contribution in [0.15, 0.2) is 40.8 Å². The SMILES string of the molecule is CCN=C/C=C(\N)SN.NC(=O)Nc1c(-c2ccncc2F)cnc2c1CCC2. The van der Waals surface area contributed by atoms with Gasteiger partial charge in [-0.25, -0.2) is 9.18 Å². The van der Waals surface area contributed by atoms with Gasteiger partial charge >= 0.3 is 6.03 Å². The van der Waals surface area contributed by atoms with Gasteiger partial charge in [-0.05, 0) is 55.8 Å². The van der Waals surface area contributed by atoms with Crippen LogP contribution < -0.4 is 21.9 Å². The van der Waals surface area contributed by atoms with Crippen LogP contribution in [0.1, 0.15) is 24.6 Å². The molecule has 0 saturated carbocycles. The molecule has 3 rings (SSSR count). The van der Waals surface area contributed by atoms with Crippen molar-refractivity contribution in [3.8, 4) is 11.1 Å². The van der Waals surface area contributed by atoms with Crippen molar-refractivity contribution in [2.24, 2.45) is 21.6 Å². The molecule has 7 N–H and O–H groups in total. The van der Waals surface area contributed by atoms with Crippen LogP contribution in [-0.4, -0.2) is 28.8 Å². The number of allylic oxidation sites excluding steroid dienone is 1. The number of carbonyl (C=O) groups excluding carboxylic acids is 1. The summed E-state index contributed by atoms with van der Waals surface area (Å²) in [5, 5.41) is 8.30. The number of primary amides is 1. The van der Waals surface area contributed by atoms with E-state index in [1.165, 1.54) is 6.20 Å². The van der Waals surface area contributed by atoms with Crippen molar-refractivity contribution in [3.05, 3.63) is 52.8 Å². The number of urea groups is 1. The average molecular weight is 418 g/mol. The summed E-state index contributed by atoms with van der Waals surface area (Å²) < 4.78 is 13.9. The Morgan fingerprint density at radius 1 is 1.34 bits per heavy atom. The standard InChI is InChI=1S/C14H13FN4O.C5H11N3S/c15-11-7-17-5-4-8(11)10-6-18-12-3-1-2-9(12)13(10)19-14(16)20;1-2-8-4-3-5(6)9-7/h4-7H,1-3H2,(H3,16,18,19,20);3-4H,2,6-7H2,1H3/b;5-3+,8-4?. The number of nitrogens with one attached hydrogen (secondary N) is 1. The monoisotopic (exact) mass is 417 g/mol. The van der Waals surface area contributed by atoms with E-state index in [9.17, 15) is 9.18 Å². The first kappa shape index (κ1) is 22.3. The lowest BCUT2D eigenvalue weighted by molar-refractivity contribution is 0.259. The van der Waals surface area contributed by atoms with Gasteiger partial charge in [0.25, 0.3) is 0 Å². The van der Waals surface area contributed by atoms with Crippen LogP contribution in [0.3, 0.4) is 0 Å². The number of aromatic nitrogens is 2. The molecule has 0 fully saturated rings. The number of nitrogens with two attached hydrogens (primary N) is 3. The molecule has 2 aromatic heterocycles. The topological polar surface area (TPSA) is 145 Å². The highest BCUT2D eigenvalue weighted by Crippen LogP contribution is 2.36. The average Bonchev–Trinajstić information content (AvgIpc) is 3.18. The van der Waals surface area contributed by atoms with Gasteiger partial charge in [-0.15, -0.1) is 0 Å². The van der Waals surface area contributed by atoms with Crippen LogP contribution in [0.25, 0.3) is 11.1 Å². The van der Waals surface area contributed by atoms with Gasteiger partial charge in [0, 0.05) is 42.0 Å². The number of hydrogen-bond acceptors (Lipinski definition) is 7. The highest BCUT2D eigenvalue weighted by atomic mass is 32.2. The highest BCUT2D eigenvalue weighted by Gasteiger charge is 2.22. The molecule has 0 saturated heterocycles. The van der Waals surface area contributed by atoms with Gasteiger partial charge in [0.1, 0.15) is 5.82 Å². The summed E-state index contributed by atoms with van der Waals surface area (Å²) in [6, 6.07) is 0.890. The van der Waals surface area contributed by atoms with Crippen molar-refractivity contribution in [3.63, 3.8) is 0 Å². The zero-order valence-corrected chi connectivity index (χ0v) is 16.9. The summed E-state index contributed by atoms with van der Waals surface area (Å²) in [5.74, 6) is -0.459. The van der Waals surface area contributed by atoms with E-state index in [0.717, 1.165) is 55.2 Å². The Balaban J connectivity index is 0.000000284. The van der Waals surface area contributed by atoms with Crippen LogP contribution >= 0.6 is 11.9 Å². The van der Waals surface area contributed by atoms with Crippen molar-refractivity contribution in [2.75, 3.05) is 11.9 Å². The first-order valence-corrected chi connectivity index (χ1v) is 9.85. The Bertz CT molecular complexity index is 917. The quantitative estimate of drug-likeness (QED) is 0.435. The fourth-order valence-corrected chi connectivity index (χ4v) is 2.98. The van der Waals surface area contributed by atoms with E-state index in [1.807, 2.05) is 6.92 Å². The summed E-state index contributed by atoms with van der Waals surface area (Å²) in [7, 11) is 0. The van der Waals surface area contributed by atoms with E-state index in [-0.39, 0.29) is 0 Å². The summed E-state index contributed by atoms with van der Waals surface area (Å²) in [4.78, 5) is 23.2. The minimum Gasteiger partial charge on any atom is -0.392 e. The normalized spacial score (nSPS) is 13.0. The smallest absolute Gasteiger partial charge is 0.316 e. The minimum absolute atomic E-state index is 0.353. The molecule has 1 aliphatic rings. The number of carbonyl (C=O) groups is 1. The second-order valence-corrected chi connectivity index (χ2v) is 6.71. The predicted molar refractivity (Wildman–Crippen MR) is 116 cm³/mol. The largest absolute Gasteiger partial charge is 0.392 e. The Hall–Kier alpha value is -2.98. The number of amides is 2. The number of pyridine rings is 2. The molecule has 29 heavy (non-hydrogen) atoms. The molecule has 0 aromatic carbocycles. The highest BCUT2D eigenvalue weighted by molar-refractivity contribution is 8.00. The van der Waals surface area contributed by atoms with Gasteiger partial charge in [-0.2, -0.15) is 0 Å². The van der Waals surface area contributed by atoms with Crippen molar-refractivity contribution >= 4 is 29.9 Å². The summed E-state index contributed by atoms with van der Waals surface area (Å²) in [6.07, 6.45) is 10.2. The Kier molecular flexibility index (Phi) is 8.56. The fourth-order valence-electron chi connectivity index (χ4n) is 2.84. The molecule has 0 radical (unpaired) electrons. The molecule has 0 aliphatic heterocycles. The maximum Gasteiger partial charge on any atom is 0.316 e. The summed E-state index contributed by atoms with van der Waals surface area (Å²) in [6.45, 7) is 2.73. The third kappa shape index (κ3) is 6.26. The number of aryl methyl sites for hydroxylation is 1. The van der Waals surface area contributed by atoms with Gasteiger partial charge in [0.15, 0.2) is 0 Å². The van der Waals surface area contributed by atoms with Gasteiger partial charge in [0.2, 0.25) is 0 Å². The number of halogens is 1. The number of nitrogens with zero attached hydrogens (tertiary/aromatic N) is 3. The van der Waals surface area contributed by atoms with Crippen molar-refractivity contribution in [1.82, 2.24) is 9.97 Å². The van der Waals surface area contributed by atoms with Gasteiger partial charge in [-0.3, -0.25) is 20.1 Å². The van der Waals surface area contributed by atoms with Crippen LogP contribution in [0.2, 0.25) is 0 Å². The Morgan fingerprint density at radius 2 is 2.14 bits per heavy atom. The molecule has 8 nitrogen and oxygen atoms in total. The molecule has 0 bridgehead atoms. The number of anilines is 1. The summed E-state index contributed by atoms with van der Waals surface area (Å²) >= 11 is 1.02. The third-order valence-corrected chi connectivity index (χ3v) is 4.49. The number of fused-ring (bicyclic) bond motifs is 1. The molecule has 154 valence electrons. The summed E-state index contributed by atoms with van der Waals surface area (Å²) in [5.41, 5.74) is 13.9. The maximum absolute atomic E-state index is 13.9. The molecule has 10 heteroatoms. The molecule has 0 atom stereocenters.